The van der Waals surface area contributed by atoms with Crippen LogP contribution in [0.25, 0.3) is 22.3 Å². The Morgan fingerprint density at radius 1 is 0.462 bits per heavy atom. The van der Waals surface area contributed by atoms with Crippen molar-refractivity contribution in [2.24, 2.45) is 0 Å². The van der Waals surface area contributed by atoms with Crippen LogP contribution in [0, 0.1) is 0 Å². The van der Waals surface area contributed by atoms with Crippen LogP contribution in [-0.4, -0.2) is 0 Å². The van der Waals surface area contributed by atoms with E-state index in [1.807, 2.05) is 0 Å². The van der Waals surface area contributed by atoms with Crippen molar-refractivity contribution < 1.29 is 4.74 Å². The Morgan fingerprint density at radius 3 is 1.15 bits per heavy atom. The Labute approximate surface area is 232 Å². The lowest BCUT2D eigenvalue weighted by molar-refractivity contribution is -0.116. The first-order chi connectivity index (χ1) is 19.1. The van der Waals surface area contributed by atoms with Crippen molar-refractivity contribution in [2.75, 3.05) is 0 Å². The van der Waals surface area contributed by atoms with Gasteiger partial charge in [0, 0.05) is 12.8 Å². The van der Waals surface area contributed by atoms with Crippen LogP contribution in [-0.2, 0) is 15.9 Å². The average Bonchev–Trinajstić information content (AvgIpc) is 3.01. The summed E-state index contributed by atoms with van der Waals surface area (Å²) in [5.41, 5.74) is 8.60. The van der Waals surface area contributed by atoms with Gasteiger partial charge in [0.2, 0.25) is 0 Å². The number of allylic oxidation sites excluding steroid dienone is 4. The van der Waals surface area contributed by atoms with Gasteiger partial charge in [0.25, 0.3) is 0 Å². The predicted molar refractivity (Wildman–Crippen MR) is 163 cm³/mol. The van der Waals surface area contributed by atoms with E-state index >= 15 is 0 Å². The van der Waals surface area contributed by atoms with Crippen LogP contribution in [0.2, 0.25) is 0 Å². The van der Waals surface area contributed by atoms with E-state index in [0.717, 1.165) is 12.8 Å². The molecule has 4 aromatic rings. The normalized spacial score (nSPS) is 22.3. The number of rotatable bonds is 6. The van der Waals surface area contributed by atoms with Gasteiger partial charge in [0.15, 0.2) is 0 Å². The summed E-state index contributed by atoms with van der Waals surface area (Å²) in [5, 5.41) is 0. The molecule has 192 valence electrons. The van der Waals surface area contributed by atoms with Crippen LogP contribution in [0.5, 0.6) is 0 Å². The first kappa shape index (κ1) is 25.1. The predicted octanol–water partition coefficient (Wildman–Crippen LogP) is 9.94. The van der Waals surface area contributed by atoms with Gasteiger partial charge >= 0.3 is 0 Å². The summed E-state index contributed by atoms with van der Waals surface area (Å²) >= 11 is 0. The number of hydrogen-bond donors (Lipinski definition) is 0. The first-order valence-corrected chi connectivity index (χ1v) is 13.8. The molecule has 39 heavy (non-hydrogen) atoms. The highest BCUT2D eigenvalue weighted by Gasteiger charge is 2.42. The lowest BCUT2D eigenvalue weighted by Gasteiger charge is -2.43. The molecule has 0 bridgehead atoms. The molecule has 1 nitrogen and oxygen atoms in total. The molecule has 0 fully saturated rings. The highest BCUT2D eigenvalue weighted by molar-refractivity contribution is 5.65. The molecule has 0 heterocycles. The molecule has 2 aliphatic rings. The van der Waals surface area contributed by atoms with Gasteiger partial charge in [-0.2, -0.15) is 0 Å². The Bertz CT molecular complexity index is 1430. The third kappa shape index (κ3) is 5.11. The fourth-order valence-electron chi connectivity index (χ4n) is 5.60. The molecule has 1 heteroatoms. The third-order valence-electron chi connectivity index (χ3n) is 8.01. The van der Waals surface area contributed by atoms with Crippen molar-refractivity contribution in [1.82, 2.24) is 0 Å². The standard InChI is InChI=1S/C38H34O/c1-29-21-25-37(26-22-29,35-17-13-33(14-18-35)31-9-5-3-6-10-31)39-38(27-23-30(2)24-28-38)36-19-15-34(16-20-36)32-11-7-4-8-12-32/h3-25,27H,26,28H2,1-2H3. The summed E-state index contributed by atoms with van der Waals surface area (Å²) in [7, 11) is 0. The summed E-state index contributed by atoms with van der Waals surface area (Å²) < 4.78 is 7.40. The van der Waals surface area contributed by atoms with E-state index in [9.17, 15) is 0 Å². The maximum Gasteiger partial charge on any atom is 0.117 e. The van der Waals surface area contributed by atoms with Gasteiger partial charge in [0.1, 0.15) is 11.2 Å². The smallest absolute Gasteiger partial charge is 0.117 e. The topological polar surface area (TPSA) is 9.23 Å². The molecule has 2 aliphatic carbocycles. The van der Waals surface area contributed by atoms with Crippen molar-refractivity contribution in [3.05, 3.63) is 168 Å². The second-order valence-electron chi connectivity index (χ2n) is 10.7. The minimum atomic E-state index is -0.573. The Balaban J connectivity index is 1.39. The van der Waals surface area contributed by atoms with Gasteiger partial charge < -0.3 is 4.74 Å². The van der Waals surface area contributed by atoms with Gasteiger partial charge in [-0.3, -0.25) is 0 Å². The lowest BCUT2D eigenvalue weighted by atomic mass is 9.80. The van der Waals surface area contributed by atoms with Gasteiger partial charge in [-0.15, -0.1) is 0 Å². The maximum absolute atomic E-state index is 7.40. The van der Waals surface area contributed by atoms with Gasteiger partial charge in [-0.05, 0) is 59.4 Å². The summed E-state index contributed by atoms with van der Waals surface area (Å²) in [5.74, 6) is 0. The molecule has 6 rings (SSSR count). The Morgan fingerprint density at radius 2 is 0.821 bits per heavy atom. The molecule has 0 N–H and O–H groups in total. The van der Waals surface area contributed by atoms with Gasteiger partial charge in [-0.25, -0.2) is 0 Å². The van der Waals surface area contributed by atoms with E-state index < -0.39 is 11.2 Å². The van der Waals surface area contributed by atoms with Crippen molar-refractivity contribution in [2.45, 2.75) is 37.9 Å². The molecule has 0 spiro atoms. The molecule has 2 unspecified atom stereocenters. The molecular weight excluding hydrogens is 472 g/mol. The molecule has 2 atom stereocenters. The van der Waals surface area contributed by atoms with Crippen molar-refractivity contribution in [1.29, 1.82) is 0 Å². The molecule has 0 aromatic heterocycles. The summed E-state index contributed by atoms with van der Waals surface area (Å²) in [4.78, 5) is 0. The zero-order valence-corrected chi connectivity index (χ0v) is 22.7. The summed E-state index contributed by atoms with van der Waals surface area (Å²) in [6, 6.07) is 38.9. The van der Waals surface area contributed by atoms with Crippen LogP contribution < -0.4 is 0 Å². The van der Waals surface area contributed by atoms with Crippen LogP contribution in [0.15, 0.2) is 157 Å². The van der Waals surface area contributed by atoms with Crippen LogP contribution in [0.3, 0.4) is 0 Å². The Hall–Kier alpha value is -4.20. The van der Waals surface area contributed by atoms with Crippen LogP contribution in [0.4, 0.5) is 0 Å². The summed E-state index contributed by atoms with van der Waals surface area (Å²) in [6.07, 6.45) is 15.1. The fourth-order valence-corrected chi connectivity index (χ4v) is 5.60. The Kier molecular flexibility index (Phi) is 6.77. The summed E-state index contributed by atoms with van der Waals surface area (Å²) in [6.45, 7) is 4.31. The minimum Gasteiger partial charge on any atom is -0.350 e. The van der Waals surface area contributed by atoms with E-state index in [2.05, 4.69) is 159 Å². The monoisotopic (exact) mass is 506 g/mol. The lowest BCUT2D eigenvalue weighted by Crippen LogP contribution is -2.40. The van der Waals surface area contributed by atoms with Crippen LogP contribution >= 0.6 is 0 Å². The zero-order valence-electron chi connectivity index (χ0n) is 22.7. The number of benzene rings is 4. The highest BCUT2D eigenvalue weighted by atomic mass is 16.5. The average molecular weight is 507 g/mol. The molecular formula is C38H34O. The quantitative estimate of drug-likeness (QED) is 0.253. The van der Waals surface area contributed by atoms with Gasteiger partial charge in [-0.1, -0.05) is 145 Å². The third-order valence-corrected chi connectivity index (χ3v) is 8.01. The maximum atomic E-state index is 7.40. The highest BCUT2D eigenvalue weighted by Crippen LogP contribution is 2.46. The molecule has 0 radical (unpaired) electrons. The van der Waals surface area contributed by atoms with E-state index in [1.165, 1.54) is 44.5 Å². The molecule has 0 saturated heterocycles. The SMILES string of the molecule is CC1=CCC(OC2(c3ccc(-c4ccccc4)cc3)C=CC(C)=CC2)(c2ccc(-c3ccccc3)cc2)C=C1. The van der Waals surface area contributed by atoms with Crippen molar-refractivity contribution in [3.63, 3.8) is 0 Å². The van der Waals surface area contributed by atoms with E-state index in [0.29, 0.717) is 0 Å². The van der Waals surface area contributed by atoms with E-state index in [4.69, 9.17) is 4.74 Å². The number of hydrogen-bond acceptors (Lipinski definition) is 1. The second kappa shape index (κ2) is 10.5. The minimum absolute atomic E-state index is 0.573. The number of ether oxygens (including phenoxy) is 1. The molecule has 4 aromatic carbocycles. The van der Waals surface area contributed by atoms with E-state index in [-0.39, 0.29) is 0 Å². The largest absolute Gasteiger partial charge is 0.350 e. The molecule has 0 aliphatic heterocycles. The fraction of sp³-hybridized carbons (Fsp3) is 0.158. The van der Waals surface area contributed by atoms with Gasteiger partial charge in [0.05, 0.1) is 0 Å². The van der Waals surface area contributed by atoms with Crippen molar-refractivity contribution >= 4 is 0 Å². The van der Waals surface area contributed by atoms with E-state index in [1.54, 1.807) is 0 Å². The zero-order chi connectivity index (χ0) is 26.7. The molecule has 0 saturated carbocycles. The first-order valence-electron chi connectivity index (χ1n) is 13.8. The second-order valence-corrected chi connectivity index (χ2v) is 10.7. The molecule has 0 amide bonds. The van der Waals surface area contributed by atoms with Crippen LogP contribution in [0.1, 0.15) is 37.8 Å². The van der Waals surface area contributed by atoms with Crippen molar-refractivity contribution in [3.8, 4) is 22.3 Å².